The van der Waals surface area contributed by atoms with Crippen LogP contribution in [0.5, 0.6) is 0 Å². The summed E-state index contributed by atoms with van der Waals surface area (Å²) in [5.74, 6) is 1.000. The third-order valence-corrected chi connectivity index (χ3v) is 4.69. The van der Waals surface area contributed by atoms with Gasteiger partial charge in [-0.3, -0.25) is 4.79 Å². The summed E-state index contributed by atoms with van der Waals surface area (Å²) in [4.78, 5) is 14.6. The SMILES string of the molecule is CCN(CC)CCSC(C)C(=O)Nc1cc(N)ccc1C. The first-order valence-electron chi connectivity index (χ1n) is 7.48. The number of carbonyl (C=O) groups excluding carboxylic acids is 1. The summed E-state index contributed by atoms with van der Waals surface area (Å²) in [6.07, 6.45) is 0. The van der Waals surface area contributed by atoms with Gasteiger partial charge in [0.25, 0.3) is 0 Å². The molecule has 0 aliphatic rings. The average molecular weight is 309 g/mol. The quantitative estimate of drug-likeness (QED) is 0.725. The number of carbonyl (C=O) groups is 1. The highest BCUT2D eigenvalue weighted by molar-refractivity contribution is 8.00. The maximum Gasteiger partial charge on any atom is 0.237 e. The van der Waals surface area contributed by atoms with Crippen molar-refractivity contribution in [3.05, 3.63) is 23.8 Å². The zero-order chi connectivity index (χ0) is 15.8. The predicted molar refractivity (Wildman–Crippen MR) is 93.9 cm³/mol. The van der Waals surface area contributed by atoms with E-state index in [1.807, 2.05) is 26.0 Å². The molecule has 0 aliphatic carbocycles. The summed E-state index contributed by atoms with van der Waals surface area (Å²) >= 11 is 1.69. The van der Waals surface area contributed by atoms with E-state index in [-0.39, 0.29) is 11.2 Å². The molecule has 0 spiro atoms. The number of nitrogen functional groups attached to an aromatic ring is 1. The van der Waals surface area contributed by atoms with E-state index in [9.17, 15) is 4.79 Å². The molecule has 1 aromatic carbocycles. The molecule has 0 radical (unpaired) electrons. The number of nitrogens with one attached hydrogen (secondary N) is 1. The van der Waals surface area contributed by atoms with Crippen LogP contribution in [0.25, 0.3) is 0 Å². The zero-order valence-corrected chi connectivity index (χ0v) is 14.3. The summed E-state index contributed by atoms with van der Waals surface area (Å²) in [5, 5.41) is 2.90. The molecule has 3 N–H and O–H groups in total. The molecule has 0 aliphatic heterocycles. The molecule has 1 atom stereocenters. The van der Waals surface area contributed by atoms with E-state index in [1.165, 1.54) is 0 Å². The molecule has 1 unspecified atom stereocenters. The van der Waals surface area contributed by atoms with Gasteiger partial charge in [0.05, 0.1) is 5.25 Å². The molecule has 0 fully saturated rings. The number of benzene rings is 1. The molecule has 21 heavy (non-hydrogen) atoms. The van der Waals surface area contributed by atoms with Crippen LogP contribution < -0.4 is 11.1 Å². The molecule has 0 bridgehead atoms. The second-order valence-corrected chi connectivity index (χ2v) is 6.55. The van der Waals surface area contributed by atoms with Crippen molar-refractivity contribution in [2.45, 2.75) is 32.9 Å². The maximum absolute atomic E-state index is 12.2. The Morgan fingerprint density at radius 1 is 1.38 bits per heavy atom. The van der Waals surface area contributed by atoms with E-state index in [2.05, 4.69) is 24.1 Å². The molecular formula is C16H27N3OS. The number of hydrogen-bond acceptors (Lipinski definition) is 4. The van der Waals surface area contributed by atoms with Gasteiger partial charge in [0.15, 0.2) is 0 Å². The van der Waals surface area contributed by atoms with Crippen LogP contribution in [0.1, 0.15) is 26.3 Å². The van der Waals surface area contributed by atoms with Gasteiger partial charge >= 0.3 is 0 Å². The highest BCUT2D eigenvalue weighted by atomic mass is 32.2. The van der Waals surface area contributed by atoms with Crippen molar-refractivity contribution in [3.63, 3.8) is 0 Å². The molecule has 0 saturated carbocycles. The Morgan fingerprint density at radius 3 is 2.67 bits per heavy atom. The second-order valence-electron chi connectivity index (χ2n) is 5.10. The lowest BCUT2D eigenvalue weighted by Crippen LogP contribution is -2.28. The van der Waals surface area contributed by atoms with Crippen LogP contribution in [-0.4, -0.2) is 41.4 Å². The van der Waals surface area contributed by atoms with E-state index in [0.29, 0.717) is 5.69 Å². The van der Waals surface area contributed by atoms with E-state index in [0.717, 1.165) is 36.6 Å². The van der Waals surface area contributed by atoms with Crippen molar-refractivity contribution in [2.75, 3.05) is 36.4 Å². The van der Waals surface area contributed by atoms with Gasteiger partial charge in [-0.2, -0.15) is 0 Å². The van der Waals surface area contributed by atoms with Crippen LogP contribution in [0.4, 0.5) is 11.4 Å². The van der Waals surface area contributed by atoms with Gasteiger partial charge in [-0.05, 0) is 44.6 Å². The maximum atomic E-state index is 12.2. The fourth-order valence-corrected chi connectivity index (χ4v) is 2.91. The molecule has 4 nitrogen and oxygen atoms in total. The van der Waals surface area contributed by atoms with Gasteiger partial charge in [-0.15, -0.1) is 11.8 Å². The summed E-state index contributed by atoms with van der Waals surface area (Å²) in [7, 11) is 0. The Morgan fingerprint density at radius 2 is 2.05 bits per heavy atom. The van der Waals surface area contributed by atoms with Gasteiger partial charge in [0.1, 0.15) is 0 Å². The number of nitrogens with two attached hydrogens (primary N) is 1. The number of hydrogen-bond donors (Lipinski definition) is 2. The lowest BCUT2D eigenvalue weighted by atomic mass is 10.2. The standard InChI is InChI=1S/C16H27N3OS/c1-5-19(6-2)9-10-21-13(4)16(20)18-15-11-14(17)8-7-12(15)3/h7-8,11,13H,5-6,9-10,17H2,1-4H3,(H,18,20). The Labute approximate surface area is 132 Å². The highest BCUT2D eigenvalue weighted by Crippen LogP contribution is 2.20. The van der Waals surface area contributed by atoms with Gasteiger partial charge < -0.3 is 16.0 Å². The summed E-state index contributed by atoms with van der Waals surface area (Å²) in [6, 6.07) is 5.57. The van der Waals surface area contributed by atoms with E-state index in [4.69, 9.17) is 5.73 Å². The van der Waals surface area contributed by atoms with Crippen molar-refractivity contribution >= 4 is 29.0 Å². The molecule has 0 heterocycles. The molecule has 1 aromatic rings. The van der Waals surface area contributed by atoms with Crippen molar-refractivity contribution < 1.29 is 4.79 Å². The topological polar surface area (TPSA) is 58.4 Å². The largest absolute Gasteiger partial charge is 0.399 e. The number of aryl methyl sites for hydroxylation is 1. The first-order chi connectivity index (χ1) is 9.97. The third-order valence-electron chi connectivity index (χ3n) is 3.56. The monoisotopic (exact) mass is 309 g/mol. The Balaban J connectivity index is 2.46. The normalized spacial score (nSPS) is 12.4. The van der Waals surface area contributed by atoms with Crippen molar-refractivity contribution in [1.82, 2.24) is 4.90 Å². The van der Waals surface area contributed by atoms with Crippen LogP contribution in [0.15, 0.2) is 18.2 Å². The van der Waals surface area contributed by atoms with Crippen LogP contribution >= 0.6 is 11.8 Å². The Bertz CT molecular complexity index is 461. The number of rotatable bonds is 8. The zero-order valence-electron chi connectivity index (χ0n) is 13.5. The van der Waals surface area contributed by atoms with Gasteiger partial charge in [0, 0.05) is 23.7 Å². The van der Waals surface area contributed by atoms with E-state index >= 15 is 0 Å². The molecule has 0 aromatic heterocycles. The van der Waals surface area contributed by atoms with E-state index < -0.39 is 0 Å². The lowest BCUT2D eigenvalue weighted by molar-refractivity contribution is -0.115. The van der Waals surface area contributed by atoms with Gasteiger partial charge in [-0.1, -0.05) is 19.9 Å². The molecule has 5 heteroatoms. The van der Waals surface area contributed by atoms with Crippen molar-refractivity contribution in [3.8, 4) is 0 Å². The van der Waals surface area contributed by atoms with Crippen LogP contribution in [0.2, 0.25) is 0 Å². The van der Waals surface area contributed by atoms with Crippen LogP contribution in [0, 0.1) is 6.92 Å². The van der Waals surface area contributed by atoms with Crippen molar-refractivity contribution in [2.24, 2.45) is 0 Å². The third kappa shape index (κ3) is 5.98. The number of anilines is 2. The summed E-state index contributed by atoms with van der Waals surface area (Å²) < 4.78 is 0. The minimum atomic E-state index is -0.0682. The second kappa shape index (κ2) is 8.95. The molecule has 0 saturated heterocycles. The van der Waals surface area contributed by atoms with Crippen LogP contribution in [-0.2, 0) is 4.79 Å². The fourth-order valence-electron chi connectivity index (χ4n) is 1.98. The van der Waals surface area contributed by atoms with Crippen LogP contribution in [0.3, 0.4) is 0 Å². The Kier molecular flexibility index (Phi) is 7.61. The minimum Gasteiger partial charge on any atom is -0.399 e. The average Bonchev–Trinajstić information content (AvgIpc) is 2.47. The smallest absolute Gasteiger partial charge is 0.237 e. The highest BCUT2D eigenvalue weighted by Gasteiger charge is 2.14. The first kappa shape index (κ1) is 17.9. The summed E-state index contributed by atoms with van der Waals surface area (Å²) in [5.41, 5.74) is 8.25. The Hall–Kier alpha value is -1.20. The predicted octanol–water partition coefficient (Wildman–Crippen LogP) is 2.98. The number of amides is 1. The molecule has 1 rings (SSSR count). The van der Waals surface area contributed by atoms with Gasteiger partial charge in [0.2, 0.25) is 5.91 Å². The first-order valence-corrected chi connectivity index (χ1v) is 8.53. The fraction of sp³-hybridized carbons (Fsp3) is 0.562. The van der Waals surface area contributed by atoms with Gasteiger partial charge in [-0.25, -0.2) is 0 Å². The molecular weight excluding hydrogens is 282 g/mol. The van der Waals surface area contributed by atoms with E-state index in [1.54, 1.807) is 17.8 Å². The molecule has 1 amide bonds. The summed E-state index contributed by atoms with van der Waals surface area (Å²) in [6.45, 7) is 11.4. The molecule has 118 valence electrons. The number of nitrogens with zero attached hydrogens (tertiary/aromatic N) is 1. The lowest BCUT2D eigenvalue weighted by Gasteiger charge is -2.19. The number of thioether (sulfide) groups is 1. The van der Waals surface area contributed by atoms with Crippen molar-refractivity contribution in [1.29, 1.82) is 0 Å². The minimum absolute atomic E-state index is 0.0354.